The van der Waals surface area contributed by atoms with Gasteiger partial charge in [0.2, 0.25) is 17.0 Å². The van der Waals surface area contributed by atoms with Crippen LogP contribution < -0.4 is 4.90 Å². The summed E-state index contributed by atoms with van der Waals surface area (Å²) < 4.78 is 1.63. The Morgan fingerprint density at radius 3 is 2.07 bits per heavy atom. The first-order chi connectivity index (χ1) is 22.1. The van der Waals surface area contributed by atoms with Crippen LogP contribution in [0.4, 0.5) is 5.69 Å². The predicted octanol–water partition coefficient (Wildman–Crippen LogP) is 8.31. The molecular weight excluding hydrogens is 582 g/mol. The van der Waals surface area contributed by atoms with Crippen LogP contribution in [0.25, 0.3) is 5.69 Å². The number of unbranched alkanes of at least 4 members (excludes halogenated alkanes) is 13. The molecule has 1 fully saturated rings. The Balaban J connectivity index is 1.04. The summed E-state index contributed by atoms with van der Waals surface area (Å²) in [6.07, 6.45) is 19.7. The number of amides is 2. The van der Waals surface area contributed by atoms with Crippen LogP contribution >= 0.6 is 11.8 Å². The molecule has 0 bridgehead atoms. The predicted molar refractivity (Wildman–Crippen MR) is 179 cm³/mol. The number of para-hydroxylation sites is 1. The average molecular weight is 630 g/mol. The highest BCUT2D eigenvalue weighted by molar-refractivity contribution is 8.00. The third-order valence-corrected chi connectivity index (χ3v) is 10.3. The second kappa shape index (κ2) is 16.8. The minimum Gasteiger partial charge on any atom is -0.293 e. The van der Waals surface area contributed by atoms with Gasteiger partial charge in [0.15, 0.2) is 5.78 Å². The van der Waals surface area contributed by atoms with Gasteiger partial charge in [-0.3, -0.25) is 19.3 Å². The van der Waals surface area contributed by atoms with Crippen molar-refractivity contribution < 1.29 is 14.4 Å². The number of benzene rings is 2. The number of ketones is 1. The summed E-state index contributed by atoms with van der Waals surface area (Å²) in [6.45, 7) is 2.27. The van der Waals surface area contributed by atoms with E-state index in [1.54, 1.807) is 16.8 Å². The molecule has 45 heavy (non-hydrogen) atoms. The molecule has 1 aromatic heterocycles. The fraction of sp³-hybridized carbons (Fsp3) is 0.556. The Morgan fingerprint density at radius 2 is 1.40 bits per heavy atom. The first-order valence-electron chi connectivity index (χ1n) is 17.1. The number of thioether (sulfide) groups is 1. The molecule has 2 heterocycles. The molecule has 3 aromatic rings. The lowest BCUT2D eigenvalue weighted by Gasteiger charge is -2.16. The highest BCUT2D eigenvalue weighted by Crippen LogP contribution is 2.37. The van der Waals surface area contributed by atoms with E-state index in [1.807, 2.05) is 36.4 Å². The SMILES string of the molecule is CCCCCCCCCCCCCCCC[C@H]1CC(=O)N(c2ccc3c(c2)C(=O)[C@@H](Sc2nnnn2-c2ccccc2)C3)C1=O. The summed E-state index contributed by atoms with van der Waals surface area (Å²) in [5, 5.41) is 12.2. The Hall–Kier alpha value is -3.33. The summed E-state index contributed by atoms with van der Waals surface area (Å²) in [7, 11) is 0. The van der Waals surface area contributed by atoms with E-state index in [0.29, 0.717) is 22.8 Å². The van der Waals surface area contributed by atoms with Crippen LogP contribution in [0.1, 0.15) is 126 Å². The molecule has 1 saturated heterocycles. The topological polar surface area (TPSA) is 98.1 Å². The summed E-state index contributed by atoms with van der Waals surface area (Å²) >= 11 is 1.34. The number of rotatable bonds is 19. The lowest BCUT2D eigenvalue weighted by molar-refractivity contribution is -0.122. The van der Waals surface area contributed by atoms with Gasteiger partial charge in [0.05, 0.1) is 16.6 Å². The smallest absolute Gasteiger partial charge is 0.237 e. The monoisotopic (exact) mass is 629 g/mol. The van der Waals surface area contributed by atoms with E-state index in [-0.39, 0.29) is 35.2 Å². The molecule has 0 unspecified atom stereocenters. The lowest BCUT2D eigenvalue weighted by atomic mass is 9.98. The number of anilines is 1. The van der Waals surface area contributed by atoms with Crippen molar-refractivity contribution in [2.24, 2.45) is 5.92 Å². The van der Waals surface area contributed by atoms with E-state index in [0.717, 1.165) is 30.5 Å². The highest BCUT2D eigenvalue weighted by atomic mass is 32.2. The van der Waals surface area contributed by atoms with Crippen LogP contribution in [-0.4, -0.2) is 43.1 Å². The Bertz CT molecular complexity index is 1430. The third kappa shape index (κ3) is 8.69. The molecule has 1 aliphatic heterocycles. The van der Waals surface area contributed by atoms with Crippen LogP contribution in [-0.2, 0) is 16.0 Å². The number of carbonyl (C=O) groups excluding carboxylic acids is 3. The van der Waals surface area contributed by atoms with Crippen molar-refractivity contribution in [3.63, 3.8) is 0 Å². The van der Waals surface area contributed by atoms with E-state index in [2.05, 4.69) is 22.4 Å². The molecule has 2 amide bonds. The fourth-order valence-electron chi connectivity index (χ4n) is 6.56. The van der Waals surface area contributed by atoms with Crippen molar-refractivity contribution in [1.29, 1.82) is 0 Å². The molecule has 5 rings (SSSR count). The third-order valence-electron chi connectivity index (χ3n) is 9.15. The van der Waals surface area contributed by atoms with Crippen LogP contribution in [0.15, 0.2) is 53.7 Å². The number of hydrogen-bond donors (Lipinski definition) is 0. The first kappa shape index (κ1) is 33.0. The Labute approximate surface area is 271 Å². The second-order valence-electron chi connectivity index (χ2n) is 12.6. The number of fused-ring (bicyclic) bond motifs is 1. The molecule has 0 spiro atoms. The maximum Gasteiger partial charge on any atom is 0.237 e. The summed E-state index contributed by atoms with van der Waals surface area (Å²) in [4.78, 5) is 41.0. The van der Waals surface area contributed by atoms with Gasteiger partial charge >= 0.3 is 0 Å². The van der Waals surface area contributed by atoms with Crippen molar-refractivity contribution >= 4 is 35.0 Å². The number of carbonyl (C=O) groups is 3. The van der Waals surface area contributed by atoms with E-state index in [9.17, 15) is 14.4 Å². The number of Topliss-reactive ketones (excluding diaryl/α,β-unsaturated/α-hetero) is 1. The number of hydrogen-bond acceptors (Lipinski definition) is 7. The molecule has 2 aliphatic rings. The zero-order valence-electron chi connectivity index (χ0n) is 26.7. The highest BCUT2D eigenvalue weighted by Gasteiger charge is 2.40. The molecule has 0 radical (unpaired) electrons. The number of aromatic nitrogens is 4. The minimum absolute atomic E-state index is 0.0301. The average Bonchev–Trinajstić information content (AvgIpc) is 3.73. The summed E-state index contributed by atoms with van der Waals surface area (Å²) in [5.74, 6) is -0.599. The van der Waals surface area contributed by atoms with Crippen LogP contribution in [0.5, 0.6) is 0 Å². The maximum absolute atomic E-state index is 13.4. The van der Waals surface area contributed by atoms with Gasteiger partial charge in [-0.1, -0.05) is 133 Å². The number of imide groups is 1. The van der Waals surface area contributed by atoms with Crippen molar-refractivity contribution in [2.75, 3.05) is 4.90 Å². The second-order valence-corrected chi connectivity index (χ2v) is 13.7. The van der Waals surface area contributed by atoms with Gasteiger partial charge in [-0.25, -0.2) is 0 Å². The van der Waals surface area contributed by atoms with Crippen molar-refractivity contribution in [3.05, 3.63) is 59.7 Å². The van der Waals surface area contributed by atoms with Gasteiger partial charge in [0.1, 0.15) is 0 Å². The molecule has 0 N–H and O–H groups in total. The standard InChI is InChI=1S/C36H47N5O3S/c1-2-3-4-5-6-7-8-9-10-11-12-13-14-16-19-28-25-33(42)40(35(28)44)30-23-22-27-24-32(34(43)31(27)26-30)45-36-37-38-39-41(36)29-20-17-15-18-21-29/h15,17-18,20-23,26,28,32H,2-14,16,19,24-25H2,1H3/t28-,32-/m0/s1. The molecular formula is C36H47N5O3S. The van der Waals surface area contributed by atoms with Crippen LogP contribution in [0, 0.1) is 5.92 Å². The van der Waals surface area contributed by atoms with Gasteiger partial charge in [-0.05, 0) is 53.1 Å². The fourth-order valence-corrected chi connectivity index (χ4v) is 7.64. The Morgan fingerprint density at radius 1 is 0.756 bits per heavy atom. The number of tetrazole rings is 1. The molecule has 2 atom stereocenters. The largest absolute Gasteiger partial charge is 0.293 e. The van der Waals surface area contributed by atoms with Crippen LogP contribution in [0.3, 0.4) is 0 Å². The zero-order chi connectivity index (χ0) is 31.4. The number of nitrogens with zero attached hydrogens (tertiary/aromatic N) is 5. The van der Waals surface area contributed by atoms with Gasteiger partial charge in [0.25, 0.3) is 0 Å². The summed E-state index contributed by atoms with van der Waals surface area (Å²) in [6, 6.07) is 15.0. The van der Waals surface area contributed by atoms with E-state index < -0.39 is 0 Å². The quantitative estimate of drug-likeness (QED) is 0.0971. The van der Waals surface area contributed by atoms with E-state index in [4.69, 9.17) is 0 Å². The van der Waals surface area contributed by atoms with E-state index in [1.165, 1.54) is 93.7 Å². The maximum atomic E-state index is 13.4. The van der Waals surface area contributed by atoms with Crippen molar-refractivity contribution in [1.82, 2.24) is 20.2 Å². The van der Waals surface area contributed by atoms with Gasteiger partial charge in [0, 0.05) is 17.9 Å². The Kier molecular flexibility index (Phi) is 12.4. The normalized spacial score (nSPS) is 17.9. The first-order valence-corrected chi connectivity index (χ1v) is 18.0. The van der Waals surface area contributed by atoms with Gasteiger partial charge in [-0.15, -0.1) is 5.10 Å². The zero-order valence-corrected chi connectivity index (χ0v) is 27.5. The molecule has 1 aliphatic carbocycles. The van der Waals surface area contributed by atoms with Crippen molar-refractivity contribution in [3.8, 4) is 5.69 Å². The van der Waals surface area contributed by atoms with E-state index >= 15 is 0 Å². The molecule has 9 heteroatoms. The molecule has 0 saturated carbocycles. The van der Waals surface area contributed by atoms with Crippen LogP contribution in [0.2, 0.25) is 0 Å². The molecule has 8 nitrogen and oxygen atoms in total. The minimum atomic E-state index is -0.373. The lowest BCUT2D eigenvalue weighted by Crippen LogP contribution is -2.30. The van der Waals surface area contributed by atoms with Gasteiger partial charge < -0.3 is 0 Å². The van der Waals surface area contributed by atoms with Crippen molar-refractivity contribution in [2.45, 2.75) is 126 Å². The van der Waals surface area contributed by atoms with Gasteiger partial charge in [-0.2, -0.15) is 4.68 Å². The molecule has 2 aromatic carbocycles. The summed E-state index contributed by atoms with van der Waals surface area (Å²) in [5.41, 5.74) is 2.81. The molecule has 240 valence electrons.